The molecule has 1 aromatic carbocycles. The molecule has 0 fully saturated rings. The van der Waals surface area contributed by atoms with Crippen molar-refractivity contribution in [3.63, 3.8) is 0 Å². The molecule has 0 saturated carbocycles. The van der Waals surface area contributed by atoms with Gasteiger partial charge in [-0.25, -0.2) is 4.98 Å². The molecule has 0 aliphatic rings. The highest BCUT2D eigenvalue weighted by Gasteiger charge is 2.09. The molecule has 2 aromatic rings. The van der Waals surface area contributed by atoms with Crippen molar-refractivity contribution in [2.75, 3.05) is 32.1 Å². The van der Waals surface area contributed by atoms with Crippen LogP contribution in [0.15, 0.2) is 41.5 Å². The molecule has 1 heterocycles. The van der Waals surface area contributed by atoms with Crippen LogP contribution < -0.4 is 5.32 Å². The summed E-state index contributed by atoms with van der Waals surface area (Å²) < 4.78 is 0. The largest absolute Gasteiger partial charge is 0.357 e. The number of hydrogen-bond donors (Lipinski definition) is 2. The van der Waals surface area contributed by atoms with Crippen molar-refractivity contribution in [3.8, 4) is 11.3 Å². The topological polar surface area (TPSA) is 56.3 Å². The van der Waals surface area contributed by atoms with Crippen LogP contribution in [-0.2, 0) is 6.54 Å². The Labute approximate surface area is 149 Å². The van der Waals surface area contributed by atoms with Crippen molar-refractivity contribution in [1.82, 2.24) is 20.2 Å². The smallest absolute Gasteiger partial charge is 0.194 e. The number of nitrogens with zero attached hydrogens (tertiary/aromatic N) is 3. The van der Waals surface area contributed by atoms with E-state index in [-0.39, 0.29) is 0 Å². The van der Waals surface area contributed by atoms with Crippen molar-refractivity contribution in [3.05, 3.63) is 42.4 Å². The van der Waals surface area contributed by atoms with Gasteiger partial charge in [-0.3, -0.25) is 4.99 Å². The summed E-state index contributed by atoms with van der Waals surface area (Å²) in [6, 6.07) is 10.3. The second-order valence-electron chi connectivity index (χ2n) is 5.55. The number of benzene rings is 1. The van der Waals surface area contributed by atoms with E-state index < -0.39 is 0 Å². The molecule has 0 bridgehead atoms. The lowest BCUT2D eigenvalue weighted by Crippen LogP contribution is -2.38. The van der Waals surface area contributed by atoms with Crippen molar-refractivity contribution in [1.29, 1.82) is 0 Å². The van der Waals surface area contributed by atoms with Crippen LogP contribution in [-0.4, -0.2) is 53.0 Å². The normalized spacial score (nSPS) is 11.5. The number of guanidine groups is 1. The first kappa shape index (κ1) is 18.4. The summed E-state index contributed by atoms with van der Waals surface area (Å²) in [5.74, 6) is 3.01. The van der Waals surface area contributed by atoms with E-state index in [1.165, 1.54) is 0 Å². The van der Waals surface area contributed by atoms with E-state index in [4.69, 9.17) is 0 Å². The highest BCUT2D eigenvalue weighted by Crippen LogP contribution is 2.16. The first-order chi connectivity index (χ1) is 11.7. The summed E-state index contributed by atoms with van der Waals surface area (Å²) in [4.78, 5) is 14.7. The molecule has 0 unspecified atom stereocenters. The predicted octanol–water partition coefficient (Wildman–Crippen LogP) is 3.23. The minimum absolute atomic E-state index is 0.696. The molecule has 0 saturated heterocycles. The lowest BCUT2D eigenvalue weighted by Gasteiger charge is -2.21. The molecule has 6 heteroatoms. The lowest BCUT2D eigenvalue weighted by molar-refractivity contribution is 0.464. The molecule has 0 aliphatic heterocycles. The fourth-order valence-electron chi connectivity index (χ4n) is 2.37. The lowest BCUT2D eigenvalue weighted by atomic mass is 10.2. The highest BCUT2D eigenvalue weighted by molar-refractivity contribution is 7.98. The molecule has 2 N–H and O–H groups in total. The third-order valence-corrected chi connectivity index (χ3v) is 4.26. The number of aromatic amines is 1. The summed E-state index contributed by atoms with van der Waals surface area (Å²) in [6.07, 6.45) is 5.12. The van der Waals surface area contributed by atoms with Gasteiger partial charge >= 0.3 is 0 Å². The minimum atomic E-state index is 0.696. The summed E-state index contributed by atoms with van der Waals surface area (Å²) in [5, 5.41) is 3.35. The Morgan fingerprint density at radius 1 is 1.33 bits per heavy atom. The second kappa shape index (κ2) is 10.0. The van der Waals surface area contributed by atoms with E-state index in [0.717, 1.165) is 48.3 Å². The second-order valence-corrected chi connectivity index (χ2v) is 6.53. The molecular weight excluding hydrogens is 318 g/mol. The molecule has 2 rings (SSSR count). The Morgan fingerprint density at radius 2 is 2.12 bits per heavy atom. The van der Waals surface area contributed by atoms with Gasteiger partial charge in [-0.2, -0.15) is 11.8 Å². The SMILES string of the molecule is CCNC(=NCCCSC)N(C)Cc1ncc(-c2ccccc2)[nH]1. The number of rotatable bonds is 8. The minimum Gasteiger partial charge on any atom is -0.357 e. The highest BCUT2D eigenvalue weighted by atomic mass is 32.2. The summed E-state index contributed by atoms with van der Waals surface area (Å²) in [6.45, 7) is 4.49. The van der Waals surface area contributed by atoms with Crippen molar-refractivity contribution in [2.45, 2.75) is 19.9 Å². The summed E-state index contributed by atoms with van der Waals surface area (Å²) in [5.41, 5.74) is 2.19. The molecule has 0 amide bonds. The van der Waals surface area contributed by atoms with Crippen LogP contribution in [0.2, 0.25) is 0 Å². The van der Waals surface area contributed by atoms with E-state index in [9.17, 15) is 0 Å². The molecule has 1 aromatic heterocycles. The van der Waals surface area contributed by atoms with E-state index in [2.05, 4.69) is 50.5 Å². The third kappa shape index (κ3) is 5.60. The molecular formula is C18H27N5S. The van der Waals surface area contributed by atoms with Gasteiger partial charge in [0.2, 0.25) is 0 Å². The molecule has 0 aliphatic carbocycles. The predicted molar refractivity (Wildman–Crippen MR) is 104 cm³/mol. The molecule has 130 valence electrons. The van der Waals surface area contributed by atoms with Gasteiger partial charge in [0.05, 0.1) is 18.4 Å². The van der Waals surface area contributed by atoms with Gasteiger partial charge in [0.25, 0.3) is 0 Å². The zero-order chi connectivity index (χ0) is 17.2. The number of imidazole rings is 1. The van der Waals surface area contributed by atoms with Crippen LogP contribution in [0.1, 0.15) is 19.2 Å². The van der Waals surface area contributed by atoms with Crippen LogP contribution in [0.4, 0.5) is 0 Å². The Kier molecular flexibility index (Phi) is 7.68. The third-order valence-electron chi connectivity index (χ3n) is 3.56. The first-order valence-electron chi connectivity index (χ1n) is 8.32. The quantitative estimate of drug-likeness (QED) is 0.438. The van der Waals surface area contributed by atoms with Gasteiger partial charge in [0.1, 0.15) is 5.82 Å². The molecule has 5 nitrogen and oxygen atoms in total. The fraction of sp³-hybridized carbons (Fsp3) is 0.444. The van der Waals surface area contributed by atoms with Crippen LogP contribution in [0.25, 0.3) is 11.3 Å². The summed E-state index contributed by atoms with van der Waals surface area (Å²) >= 11 is 1.86. The van der Waals surface area contributed by atoms with Gasteiger partial charge in [0, 0.05) is 20.1 Å². The van der Waals surface area contributed by atoms with Gasteiger partial charge in [-0.15, -0.1) is 0 Å². The van der Waals surface area contributed by atoms with Crippen LogP contribution in [0.3, 0.4) is 0 Å². The Bertz CT molecular complexity index is 623. The Morgan fingerprint density at radius 3 is 2.83 bits per heavy atom. The number of H-pyrrole nitrogens is 1. The average Bonchev–Trinajstić information content (AvgIpc) is 3.07. The molecule has 0 atom stereocenters. The monoisotopic (exact) mass is 345 g/mol. The molecule has 0 spiro atoms. The van der Waals surface area contributed by atoms with Crippen LogP contribution in [0.5, 0.6) is 0 Å². The standard InChI is InChI=1S/C18H27N5S/c1-4-19-18(20-11-8-12-24-3)23(2)14-17-21-13-16(22-17)15-9-6-5-7-10-15/h5-7,9-10,13H,4,8,11-12,14H2,1-3H3,(H,19,20)(H,21,22). The van der Waals surface area contributed by atoms with E-state index >= 15 is 0 Å². The zero-order valence-corrected chi connectivity index (χ0v) is 15.6. The van der Waals surface area contributed by atoms with E-state index in [1.54, 1.807) is 0 Å². The maximum atomic E-state index is 4.69. The first-order valence-corrected chi connectivity index (χ1v) is 9.71. The van der Waals surface area contributed by atoms with Crippen LogP contribution >= 0.6 is 11.8 Å². The maximum absolute atomic E-state index is 4.69. The molecule has 24 heavy (non-hydrogen) atoms. The van der Waals surface area contributed by atoms with Crippen molar-refractivity contribution < 1.29 is 0 Å². The van der Waals surface area contributed by atoms with E-state index in [1.807, 2.05) is 43.2 Å². The number of hydrogen-bond acceptors (Lipinski definition) is 3. The number of thioether (sulfide) groups is 1. The maximum Gasteiger partial charge on any atom is 0.194 e. The molecule has 0 radical (unpaired) electrons. The average molecular weight is 346 g/mol. The number of aliphatic imine (C=N–C) groups is 1. The van der Waals surface area contributed by atoms with Crippen molar-refractivity contribution in [2.24, 2.45) is 4.99 Å². The number of nitrogens with one attached hydrogen (secondary N) is 2. The Balaban J connectivity index is 1.98. The van der Waals surface area contributed by atoms with E-state index in [0.29, 0.717) is 6.54 Å². The van der Waals surface area contributed by atoms with Gasteiger partial charge in [-0.1, -0.05) is 30.3 Å². The van der Waals surface area contributed by atoms with Gasteiger partial charge in [-0.05, 0) is 30.9 Å². The van der Waals surface area contributed by atoms with Crippen molar-refractivity contribution >= 4 is 17.7 Å². The van der Waals surface area contributed by atoms with Gasteiger partial charge < -0.3 is 15.2 Å². The Hall–Kier alpha value is -1.95. The van der Waals surface area contributed by atoms with Crippen LogP contribution in [0, 0.1) is 0 Å². The summed E-state index contributed by atoms with van der Waals surface area (Å²) in [7, 11) is 2.04. The zero-order valence-electron chi connectivity index (χ0n) is 14.7. The number of aromatic nitrogens is 2. The fourth-order valence-corrected chi connectivity index (χ4v) is 2.79. The van der Waals surface area contributed by atoms with Gasteiger partial charge in [0.15, 0.2) is 5.96 Å².